The number of rotatable bonds is 5. The van der Waals surface area contributed by atoms with E-state index < -0.39 is 0 Å². The van der Waals surface area contributed by atoms with Gasteiger partial charge in [-0.15, -0.1) is 0 Å². The van der Waals surface area contributed by atoms with Crippen molar-refractivity contribution < 1.29 is 9.53 Å². The van der Waals surface area contributed by atoms with Crippen molar-refractivity contribution in [1.82, 2.24) is 0 Å². The zero-order valence-corrected chi connectivity index (χ0v) is 13.4. The maximum Gasteiger partial charge on any atom is 0.310 e. The van der Waals surface area contributed by atoms with Gasteiger partial charge in [-0.1, -0.05) is 58.4 Å². The molecule has 0 aliphatic rings. The standard InChI is InChI=1S/C18H14BrNO2/c19-17-9-7-15(8-10-17)16(12-20)13-22-18(21)11-6-14-4-2-1-3-5-14/h1-5,7-10,13H,6,11H2/b16-13+. The molecule has 0 bridgehead atoms. The molecule has 0 aromatic heterocycles. The van der Waals surface area contributed by atoms with Crippen molar-refractivity contribution in [3.8, 4) is 6.07 Å². The van der Waals surface area contributed by atoms with Crippen LogP contribution in [0.5, 0.6) is 0 Å². The first-order chi connectivity index (χ1) is 10.7. The number of carbonyl (C=O) groups excluding carboxylic acids is 1. The van der Waals surface area contributed by atoms with Crippen LogP contribution in [0.4, 0.5) is 0 Å². The zero-order chi connectivity index (χ0) is 15.8. The van der Waals surface area contributed by atoms with Crippen LogP contribution >= 0.6 is 15.9 Å². The number of aryl methyl sites for hydroxylation is 1. The van der Waals surface area contributed by atoms with Gasteiger partial charge in [-0.3, -0.25) is 4.79 Å². The summed E-state index contributed by atoms with van der Waals surface area (Å²) in [6.45, 7) is 0. The van der Waals surface area contributed by atoms with Crippen LogP contribution < -0.4 is 0 Å². The van der Waals surface area contributed by atoms with Crippen molar-refractivity contribution in [3.63, 3.8) is 0 Å². The second kappa shape index (κ2) is 8.16. The van der Waals surface area contributed by atoms with Crippen molar-refractivity contribution >= 4 is 27.5 Å². The largest absolute Gasteiger partial charge is 0.433 e. The van der Waals surface area contributed by atoms with Gasteiger partial charge < -0.3 is 4.74 Å². The minimum Gasteiger partial charge on any atom is -0.433 e. The Kier molecular flexibility index (Phi) is 5.93. The Morgan fingerprint density at radius 3 is 2.45 bits per heavy atom. The smallest absolute Gasteiger partial charge is 0.310 e. The van der Waals surface area contributed by atoms with Gasteiger partial charge in [-0.05, 0) is 29.7 Å². The highest BCUT2D eigenvalue weighted by Crippen LogP contribution is 2.17. The van der Waals surface area contributed by atoms with Gasteiger partial charge in [0.25, 0.3) is 0 Å². The number of hydrogen-bond acceptors (Lipinski definition) is 3. The van der Waals surface area contributed by atoms with Gasteiger partial charge in [0.05, 0.1) is 5.57 Å². The summed E-state index contributed by atoms with van der Waals surface area (Å²) in [5.41, 5.74) is 2.11. The van der Waals surface area contributed by atoms with Gasteiger partial charge in [0.2, 0.25) is 0 Å². The SMILES string of the molecule is N#C/C(=C\OC(=O)CCc1ccccc1)c1ccc(Br)cc1. The second-order valence-electron chi connectivity index (χ2n) is 4.63. The molecule has 0 aliphatic carbocycles. The molecule has 0 heterocycles. The van der Waals surface area contributed by atoms with Crippen LogP contribution in [0, 0.1) is 11.3 Å². The van der Waals surface area contributed by atoms with E-state index in [1.807, 2.05) is 48.5 Å². The number of hydrogen-bond donors (Lipinski definition) is 0. The first-order valence-electron chi connectivity index (χ1n) is 6.78. The lowest BCUT2D eigenvalue weighted by molar-refractivity contribution is -0.137. The van der Waals surface area contributed by atoms with Crippen LogP contribution in [-0.2, 0) is 16.0 Å². The molecule has 3 nitrogen and oxygen atoms in total. The van der Waals surface area contributed by atoms with Crippen LogP contribution in [0.2, 0.25) is 0 Å². The molecule has 0 saturated heterocycles. The monoisotopic (exact) mass is 355 g/mol. The van der Waals surface area contributed by atoms with Crippen molar-refractivity contribution in [2.75, 3.05) is 0 Å². The lowest BCUT2D eigenvalue weighted by Gasteiger charge is -2.02. The number of ether oxygens (including phenoxy) is 1. The first-order valence-corrected chi connectivity index (χ1v) is 7.58. The number of nitriles is 1. The van der Waals surface area contributed by atoms with Crippen LogP contribution in [0.3, 0.4) is 0 Å². The number of benzene rings is 2. The summed E-state index contributed by atoms with van der Waals surface area (Å²) in [7, 11) is 0. The fourth-order valence-corrected chi connectivity index (χ4v) is 2.13. The Hall–Kier alpha value is -2.38. The van der Waals surface area contributed by atoms with Gasteiger partial charge in [0.1, 0.15) is 12.3 Å². The molecule has 2 aromatic rings. The van der Waals surface area contributed by atoms with Crippen LogP contribution in [0.25, 0.3) is 5.57 Å². The Labute approximate surface area is 138 Å². The van der Waals surface area contributed by atoms with E-state index >= 15 is 0 Å². The van der Waals surface area contributed by atoms with Gasteiger partial charge in [0.15, 0.2) is 0 Å². The fourth-order valence-electron chi connectivity index (χ4n) is 1.86. The van der Waals surface area contributed by atoms with E-state index in [0.29, 0.717) is 17.6 Å². The van der Waals surface area contributed by atoms with E-state index in [1.54, 1.807) is 12.1 Å². The maximum atomic E-state index is 11.7. The Balaban J connectivity index is 1.93. The lowest BCUT2D eigenvalue weighted by Crippen LogP contribution is -2.02. The first kappa shape index (κ1) is 16.0. The number of esters is 1. The molecule has 0 atom stereocenters. The van der Waals surface area contributed by atoms with E-state index in [2.05, 4.69) is 15.9 Å². The van der Waals surface area contributed by atoms with Crippen molar-refractivity contribution in [3.05, 3.63) is 76.5 Å². The summed E-state index contributed by atoms with van der Waals surface area (Å²) in [5.74, 6) is -0.353. The van der Waals surface area contributed by atoms with Crippen molar-refractivity contribution in [1.29, 1.82) is 5.26 Å². The predicted octanol–water partition coefficient (Wildman–Crippen LogP) is 4.49. The van der Waals surface area contributed by atoms with Crippen LogP contribution in [-0.4, -0.2) is 5.97 Å². The van der Waals surface area contributed by atoms with Crippen molar-refractivity contribution in [2.24, 2.45) is 0 Å². The number of nitrogens with zero attached hydrogens (tertiary/aromatic N) is 1. The molecule has 22 heavy (non-hydrogen) atoms. The second-order valence-corrected chi connectivity index (χ2v) is 5.54. The molecule has 0 N–H and O–H groups in total. The van der Waals surface area contributed by atoms with Crippen molar-refractivity contribution in [2.45, 2.75) is 12.8 Å². The molecule has 0 fully saturated rings. The van der Waals surface area contributed by atoms with Crippen LogP contribution in [0.1, 0.15) is 17.5 Å². The summed E-state index contributed by atoms with van der Waals surface area (Å²) < 4.78 is 5.99. The van der Waals surface area contributed by atoms with E-state index in [0.717, 1.165) is 10.0 Å². The van der Waals surface area contributed by atoms with Gasteiger partial charge in [-0.2, -0.15) is 5.26 Å². The topological polar surface area (TPSA) is 50.1 Å². The van der Waals surface area contributed by atoms with E-state index in [-0.39, 0.29) is 12.4 Å². The quantitative estimate of drug-likeness (QED) is 0.451. The molecule has 0 amide bonds. The maximum absolute atomic E-state index is 11.7. The van der Waals surface area contributed by atoms with E-state index in [9.17, 15) is 4.79 Å². The third-order valence-corrected chi connectivity index (χ3v) is 3.57. The third-order valence-electron chi connectivity index (χ3n) is 3.04. The van der Waals surface area contributed by atoms with E-state index in [1.165, 1.54) is 6.26 Å². The molecule has 0 aliphatic heterocycles. The summed E-state index contributed by atoms with van der Waals surface area (Å²) in [4.78, 5) is 11.7. The van der Waals surface area contributed by atoms with Crippen LogP contribution in [0.15, 0.2) is 65.3 Å². The Bertz CT molecular complexity index is 700. The zero-order valence-electron chi connectivity index (χ0n) is 11.8. The van der Waals surface area contributed by atoms with Gasteiger partial charge in [0, 0.05) is 10.9 Å². The lowest BCUT2D eigenvalue weighted by atomic mass is 10.1. The number of halogens is 1. The third kappa shape index (κ3) is 4.87. The van der Waals surface area contributed by atoms with Gasteiger partial charge >= 0.3 is 5.97 Å². The molecular weight excluding hydrogens is 342 g/mol. The summed E-state index contributed by atoms with van der Waals surface area (Å²) in [6, 6.07) is 19.0. The normalized spacial score (nSPS) is 10.8. The minimum absolute atomic E-state index is 0.277. The average Bonchev–Trinajstić information content (AvgIpc) is 2.56. The molecule has 0 spiro atoms. The minimum atomic E-state index is -0.353. The highest BCUT2D eigenvalue weighted by atomic mass is 79.9. The molecule has 0 saturated carbocycles. The molecular formula is C18H14BrNO2. The average molecular weight is 356 g/mol. The fraction of sp³-hybridized carbons (Fsp3) is 0.111. The molecule has 4 heteroatoms. The molecule has 0 radical (unpaired) electrons. The Morgan fingerprint density at radius 2 is 1.82 bits per heavy atom. The highest BCUT2D eigenvalue weighted by Gasteiger charge is 2.05. The predicted molar refractivity (Wildman–Crippen MR) is 88.6 cm³/mol. The molecule has 2 aromatic carbocycles. The molecule has 2 rings (SSSR count). The summed E-state index contributed by atoms with van der Waals surface area (Å²) in [5, 5.41) is 9.15. The van der Waals surface area contributed by atoms with E-state index in [4.69, 9.17) is 10.00 Å². The summed E-state index contributed by atoms with van der Waals surface area (Å²) >= 11 is 3.33. The van der Waals surface area contributed by atoms with Gasteiger partial charge in [-0.25, -0.2) is 0 Å². The highest BCUT2D eigenvalue weighted by molar-refractivity contribution is 9.10. The molecule has 110 valence electrons. The number of allylic oxidation sites excluding steroid dienone is 1. The summed E-state index contributed by atoms with van der Waals surface area (Å²) in [6.07, 6.45) is 2.11. The number of carbonyl (C=O) groups is 1. The Morgan fingerprint density at radius 1 is 1.14 bits per heavy atom. The molecule has 0 unspecified atom stereocenters.